The first-order valence-electron chi connectivity index (χ1n) is 6.60. The fourth-order valence-corrected chi connectivity index (χ4v) is 4.63. The molecule has 0 aliphatic heterocycles. The Morgan fingerprint density at radius 3 is 2.50 bits per heavy atom. The Hall–Kier alpha value is -1.70. The van der Waals surface area contributed by atoms with Gasteiger partial charge >= 0.3 is 5.97 Å². The number of rotatable bonds is 5. The summed E-state index contributed by atoms with van der Waals surface area (Å²) in [5.41, 5.74) is 1.93. The highest BCUT2D eigenvalue weighted by Gasteiger charge is 2.28. The molecule has 0 amide bonds. The van der Waals surface area contributed by atoms with E-state index in [-0.39, 0.29) is 15.8 Å². The van der Waals surface area contributed by atoms with Gasteiger partial charge in [0.15, 0.2) is 0 Å². The Bertz CT molecular complexity index is 795. The van der Waals surface area contributed by atoms with Crippen LogP contribution >= 0.6 is 11.3 Å². The number of benzene rings is 1. The number of nitrogens with zero attached hydrogens (tertiary/aromatic N) is 1. The Labute approximate surface area is 133 Å². The first kappa shape index (κ1) is 16.7. The first-order valence-corrected chi connectivity index (χ1v) is 8.92. The predicted molar refractivity (Wildman–Crippen MR) is 85.8 cm³/mol. The number of aryl methyl sites for hydroxylation is 1. The average molecular weight is 339 g/mol. The molecule has 1 aromatic carbocycles. The molecule has 1 N–H and O–H groups in total. The Balaban J connectivity index is 2.36. The van der Waals surface area contributed by atoms with Crippen molar-refractivity contribution >= 4 is 27.3 Å². The lowest BCUT2D eigenvalue weighted by molar-refractivity contribution is 0.0702. The highest BCUT2D eigenvalue weighted by atomic mass is 32.2. The molecule has 0 aliphatic rings. The third kappa shape index (κ3) is 3.06. The van der Waals surface area contributed by atoms with Gasteiger partial charge in [-0.1, -0.05) is 24.3 Å². The zero-order valence-corrected chi connectivity index (χ0v) is 14.1. The highest BCUT2D eigenvalue weighted by molar-refractivity contribution is 7.89. The van der Waals surface area contributed by atoms with E-state index in [1.54, 1.807) is 0 Å². The Morgan fingerprint density at radius 2 is 1.95 bits per heavy atom. The number of carbonyl (C=O) groups is 1. The first-order chi connectivity index (χ1) is 10.2. The quantitative estimate of drug-likeness (QED) is 0.908. The minimum Gasteiger partial charge on any atom is -0.477 e. The molecule has 2 rings (SSSR count). The molecule has 0 radical (unpaired) electrons. The molecule has 2 aromatic rings. The molecule has 0 aliphatic carbocycles. The fourth-order valence-electron chi connectivity index (χ4n) is 2.19. The second-order valence-electron chi connectivity index (χ2n) is 5.01. The van der Waals surface area contributed by atoms with Crippen LogP contribution in [0.5, 0.6) is 0 Å². The SMILES string of the molecule is Cc1ccccc1[C@@H](C)N(C)S(=O)(=O)c1csc(C(=O)O)c1. The predicted octanol–water partition coefficient (Wildman–Crippen LogP) is 3.14. The van der Waals surface area contributed by atoms with Gasteiger partial charge in [-0.25, -0.2) is 13.2 Å². The molecule has 5 nitrogen and oxygen atoms in total. The van der Waals surface area contributed by atoms with Crippen molar-refractivity contribution in [1.82, 2.24) is 4.31 Å². The van der Waals surface area contributed by atoms with Crippen LogP contribution in [0.3, 0.4) is 0 Å². The average Bonchev–Trinajstić information content (AvgIpc) is 2.97. The van der Waals surface area contributed by atoms with Gasteiger partial charge in [-0.15, -0.1) is 11.3 Å². The summed E-state index contributed by atoms with van der Waals surface area (Å²) < 4.78 is 26.5. The normalized spacial score (nSPS) is 13.3. The molecule has 1 heterocycles. The molecule has 0 saturated carbocycles. The van der Waals surface area contributed by atoms with Crippen LogP contribution in [0, 0.1) is 6.92 Å². The fraction of sp³-hybridized carbons (Fsp3) is 0.267. The number of carboxylic acid groups (broad SMARTS) is 1. The number of aromatic carboxylic acids is 1. The lowest BCUT2D eigenvalue weighted by atomic mass is 10.0. The molecule has 118 valence electrons. The summed E-state index contributed by atoms with van der Waals surface area (Å²) in [4.78, 5) is 10.9. The van der Waals surface area contributed by atoms with E-state index in [9.17, 15) is 13.2 Å². The lowest BCUT2D eigenvalue weighted by Gasteiger charge is -2.25. The van der Waals surface area contributed by atoms with Gasteiger partial charge in [0.2, 0.25) is 10.0 Å². The van der Waals surface area contributed by atoms with Crippen molar-refractivity contribution in [3.8, 4) is 0 Å². The second kappa shape index (κ2) is 6.20. The highest BCUT2D eigenvalue weighted by Crippen LogP contribution is 2.29. The smallest absolute Gasteiger partial charge is 0.345 e. The van der Waals surface area contributed by atoms with Crippen LogP contribution in [-0.4, -0.2) is 30.8 Å². The van der Waals surface area contributed by atoms with Crippen LogP contribution in [-0.2, 0) is 10.0 Å². The van der Waals surface area contributed by atoms with E-state index in [4.69, 9.17) is 5.11 Å². The minimum absolute atomic E-state index is 0.00974. The summed E-state index contributed by atoms with van der Waals surface area (Å²) in [6, 6.07) is 8.44. The molecular formula is C15H17NO4S2. The maximum absolute atomic E-state index is 12.6. The van der Waals surface area contributed by atoms with Crippen molar-refractivity contribution in [1.29, 1.82) is 0 Å². The largest absolute Gasteiger partial charge is 0.477 e. The van der Waals surface area contributed by atoms with Crippen molar-refractivity contribution in [3.05, 3.63) is 51.7 Å². The summed E-state index contributed by atoms with van der Waals surface area (Å²) in [6.07, 6.45) is 0. The zero-order valence-electron chi connectivity index (χ0n) is 12.5. The van der Waals surface area contributed by atoms with Crippen LogP contribution in [0.4, 0.5) is 0 Å². The molecule has 0 saturated heterocycles. The van der Waals surface area contributed by atoms with Crippen LogP contribution in [0.1, 0.15) is 33.8 Å². The van der Waals surface area contributed by atoms with E-state index in [0.717, 1.165) is 22.5 Å². The molecule has 0 fully saturated rings. The molecular weight excluding hydrogens is 322 g/mol. The third-order valence-corrected chi connectivity index (χ3v) is 6.62. The Morgan fingerprint density at radius 1 is 1.32 bits per heavy atom. The van der Waals surface area contributed by atoms with E-state index in [1.807, 2.05) is 38.1 Å². The molecule has 22 heavy (non-hydrogen) atoms. The summed E-state index contributed by atoms with van der Waals surface area (Å²) >= 11 is 0.907. The van der Waals surface area contributed by atoms with Gasteiger partial charge in [0, 0.05) is 18.5 Å². The van der Waals surface area contributed by atoms with Gasteiger partial charge in [-0.3, -0.25) is 0 Å². The van der Waals surface area contributed by atoms with E-state index in [0.29, 0.717) is 0 Å². The van der Waals surface area contributed by atoms with Crippen LogP contribution < -0.4 is 0 Å². The summed E-state index contributed by atoms with van der Waals surface area (Å²) in [5, 5.41) is 10.3. The number of hydrogen-bond donors (Lipinski definition) is 1. The monoisotopic (exact) mass is 339 g/mol. The van der Waals surface area contributed by atoms with E-state index in [2.05, 4.69) is 0 Å². The van der Waals surface area contributed by atoms with Gasteiger partial charge in [0.05, 0.1) is 4.90 Å². The van der Waals surface area contributed by atoms with Crippen LogP contribution in [0.15, 0.2) is 40.6 Å². The summed E-state index contributed by atoms with van der Waals surface area (Å²) in [5.74, 6) is -1.12. The molecule has 1 aromatic heterocycles. The molecule has 0 unspecified atom stereocenters. The minimum atomic E-state index is -3.74. The second-order valence-corrected chi connectivity index (χ2v) is 7.91. The zero-order chi connectivity index (χ0) is 16.5. The maximum atomic E-state index is 12.6. The van der Waals surface area contributed by atoms with Crippen molar-refractivity contribution in [2.24, 2.45) is 0 Å². The van der Waals surface area contributed by atoms with E-state index < -0.39 is 16.0 Å². The van der Waals surface area contributed by atoms with Gasteiger partial charge in [-0.2, -0.15) is 4.31 Å². The van der Waals surface area contributed by atoms with Gasteiger partial charge < -0.3 is 5.11 Å². The lowest BCUT2D eigenvalue weighted by Crippen LogP contribution is -2.30. The maximum Gasteiger partial charge on any atom is 0.345 e. The molecule has 0 bridgehead atoms. The molecule has 1 atom stereocenters. The van der Waals surface area contributed by atoms with E-state index >= 15 is 0 Å². The van der Waals surface area contributed by atoms with Crippen LogP contribution in [0.25, 0.3) is 0 Å². The molecule has 7 heteroatoms. The van der Waals surface area contributed by atoms with E-state index in [1.165, 1.54) is 22.8 Å². The van der Waals surface area contributed by atoms with Crippen molar-refractivity contribution in [2.75, 3.05) is 7.05 Å². The van der Waals surface area contributed by atoms with Crippen LogP contribution in [0.2, 0.25) is 0 Å². The number of carboxylic acids is 1. The number of sulfonamides is 1. The number of thiophene rings is 1. The molecule has 0 spiro atoms. The van der Waals surface area contributed by atoms with Gasteiger partial charge in [0.1, 0.15) is 4.88 Å². The Kier molecular flexibility index (Phi) is 4.69. The van der Waals surface area contributed by atoms with Gasteiger partial charge in [-0.05, 0) is 31.0 Å². The summed E-state index contributed by atoms with van der Waals surface area (Å²) in [7, 11) is -2.23. The third-order valence-electron chi connectivity index (χ3n) is 3.65. The number of hydrogen-bond acceptors (Lipinski definition) is 4. The topological polar surface area (TPSA) is 74.7 Å². The van der Waals surface area contributed by atoms with Crippen molar-refractivity contribution in [2.45, 2.75) is 24.8 Å². The standard InChI is InChI=1S/C15H17NO4S2/c1-10-6-4-5-7-13(10)11(2)16(3)22(19,20)12-8-14(15(17)18)21-9-12/h4-9,11H,1-3H3,(H,17,18)/t11-/m1/s1. The van der Waals surface area contributed by atoms with Gasteiger partial charge in [0.25, 0.3) is 0 Å². The summed E-state index contributed by atoms with van der Waals surface area (Å²) in [6.45, 7) is 3.74. The van der Waals surface area contributed by atoms with Crippen molar-refractivity contribution < 1.29 is 18.3 Å². The van der Waals surface area contributed by atoms with Crippen molar-refractivity contribution in [3.63, 3.8) is 0 Å².